The number of morpholine rings is 1. The van der Waals surface area contributed by atoms with Crippen molar-refractivity contribution in [2.75, 3.05) is 24.7 Å². The zero-order valence-electron chi connectivity index (χ0n) is 25.3. The van der Waals surface area contributed by atoms with E-state index in [4.69, 9.17) is 9.72 Å². The van der Waals surface area contributed by atoms with Gasteiger partial charge in [0.05, 0.1) is 30.3 Å². The molecular formula is C37H36N6O2. The van der Waals surface area contributed by atoms with Crippen LogP contribution in [0.2, 0.25) is 0 Å². The van der Waals surface area contributed by atoms with E-state index in [1.54, 1.807) is 6.20 Å². The fraction of sp³-hybridized carbons (Fsp3) is 0.351. The van der Waals surface area contributed by atoms with Crippen molar-refractivity contribution in [1.82, 2.24) is 25.1 Å². The predicted molar refractivity (Wildman–Crippen MR) is 175 cm³/mol. The lowest BCUT2D eigenvalue weighted by atomic mass is 9.87. The number of aromatic nitrogens is 4. The highest BCUT2D eigenvalue weighted by Gasteiger charge is 2.45. The molecule has 8 nitrogen and oxygen atoms in total. The van der Waals surface area contributed by atoms with E-state index in [1.807, 2.05) is 23.2 Å². The summed E-state index contributed by atoms with van der Waals surface area (Å²) in [6.45, 7) is 2.56. The fourth-order valence-corrected chi connectivity index (χ4v) is 8.14. The van der Waals surface area contributed by atoms with Crippen LogP contribution in [0.15, 0.2) is 73.1 Å². The van der Waals surface area contributed by atoms with Crippen LogP contribution in [0.5, 0.6) is 0 Å². The summed E-state index contributed by atoms with van der Waals surface area (Å²) in [5.74, 6) is 0.163. The highest BCUT2D eigenvalue weighted by Crippen LogP contribution is 2.38. The SMILES string of the molecule is O=C1CCCN1c1cccnc1-c1ccc(-c2[nH]nc3ncc(-c4ccc5c(c4)CC[C@@H](N4C6COCC4C6)CC5)cc23)cc1. The van der Waals surface area contributed by atoms with E-state index in [2.05, 4.69) is 68.6 Å². The Morgan fingerprint density at radius 3 is 2.40 bits per heavy atom. The van der Waals surface area contributed by atoms with Crippen LogP contribution < -0.4 is 4.90 Å². The van der Waals surface area contributed by atoms with Gasteiger partial charge in [-0.15, -0.1) is 0 Å². The van der Waals surface area contributed by atoms with Gasteiger partial charge in [0.2, 0.25) is 5.91 Å². The van der Waals surface area contributed by atoms with Gasteiger partial charge in [0.1, 0.15) is 0 Å². The second-order valence-electron chi connectivity index (χ2n) is 13.0. The van der Waals surface area contributed by atoms with E-state index >= 15 is 0 Å². The molecule has 9 rings (SSSR count). The number of pyridine rings is 2. The quantitative estimate of drug-likeness (QED) is 0.243. The average Bonchev–Trinajstić information content (AvgIpc) is 3.66. The molecule has 1 N–H and O–H groups in total. The minimum atomic E-state index is 0.163. The number of amides is 1. The predicted octanol–water partition coefficient (Wildman–Crippen LogP) is 6.20. The number of nitrogens with one attached hydrogen (secondary N) is 1. The number of nitrogens with zero attached hydrogens (tertiary/aromatic N) is 5. The summed E-state index contributed by atoms with van der Waals surface area (Å²) in [5.41, 5.74) is 10.7. The lowest BCUT2D eigenvalue weighted by Gasteiger charge is -2.56. The van der Waals surface area contributed by atoms with Crippen LogP contribution >= 0.6 is 0 Å². The molecular weight excluding hydrogens is 560 g/mol. The van der Waals surface area contributed by atoms with Gasteiger partial charge < -0.3 is 9.64 Å². The zero-order chi connectivity index (χ0) is 29.9. The Kier molecular flexibility index (Phi) is 6.52. The number of carbonyl (C=O) groups is 1. The normalized spacial score (nSPS) is 23.2. The molecule has 1 amide bonds. The van der Waals surface area contributed by atoms with Crippen molar-refractivity contribution in [2.24, 2.45) is 0 Å². The maximum Gasteiger partial charge on any atom is 0.227 e. The smallest absolute Gasteiger partial charge is 0.227 e. The molecule has 4 aliphatic rings. The van der Waals surface area contributed by atoms with Crippen molar-refractivity contribution < 1.29 is 9.53 Å². The number of anilines is 1. The molecule has 2 aromatic carbocycles. The van der Waals surface area contributed by atoms with Gasteiger partial charge >= 0.3 is 0 Å². The Balaban J connectivity index is 0.981. The standard InChI is InChI=1S/C37H36N6O2/c44-34-4-2-16-42(34)33-3-1-15-38-36(33)25-8-6-24(7-9-25)35-32-18-28(20-39-37(32)41-40-35)27-10-5-23-11-13-29(14-12-26(23)17-27)43-30-19-31(43)22-45-21-30/h1,3,5-10,15,17-18,20,29-31H,2,4,11-14,16,19,21-22H2,(H,39,40,41)/t29-,30?,31?/m0/s1. The molecule has 3 aliphatic heterocycles. The van der Waals surface area contributed by atoms with Crippen molar-refractivity contribution >= 4 is 22.6 Å². The Labute approximate surface area is 262 Å². The molecule has 5 aromatic rings. The van der Waals surface area contributed by atoms with E-state index in [-0.39, 0.29) is 5.91 Å². The number of carbonyl (C=O) groups excluding carboxylic acids is 1. The van der Waals surface area contributed by atoms with Gasteiger partial charge in [-0.25, -0.2) is 4.98 Å². The Bertz CT molecular complexity index is 1900. The number of rotatable bonds is 5. The molecule has 2 bridgehead atoms. The van der Waals surface area contributed by atoms with Crippen molar-refractivity contribution in [2.45, 2.75) is 63.1 Å². The fourth-order valence-electron chi connectivity index (χ4n) is 8.14. The van der Waals surface area contributed by atoms with Crippen LogP contribution in [0.25, 0.3) is 44.7 Å². The van der Waals surface area contributed by atoms with Gasteiger partial charge in [0.15, 0.2) is 5.65 Å². The van der Waals surface area contributed by atoms with Crippen LogP contribution in [0.4, 0.5) is 5.69 Å². The first-order valence-electron chi connectivity index (χ1n) is 16.4. The minimum absolute atomic E-state index is 0.163. The van der Waals surface area contributed by atoms with Crippen LogP contribution in [0, 0.1) is 0 Å². The molecule has 6 heterocycles. The highest BCUT2D eigenvalue weighted by molar-refractivity contribution is 5.99. The molecule has 3 atom stereocenters. The van der Waals surface area contributed by atoms with Crippen LogP contribution in [0.1, 0.15) is 43.2 Å². The zero-order valence-corrected chi connectivity index (χ0v) is 25.3. The van der Waals surface area contributed by atoms with Crippen molar-refractivity contribution in [3.05, 3.63) is 84.2 Å². The van der Waals surface area contributed by atoms with Gasteiger partial charge in [0.25, 0.3) is 0 Å². The monoisotopic (exact) mass is 596 g/mol. The second kappa shape index (κ2) is 10.9. The molecule has 3 saturated heterocycles. The topological polar surface area (TPSA) is 87.2 Å². The third kappa shape index (κ3) is 4.66. The molecule has 1 aliphatic carbocycles. The van der Waals surface area contributed by atoms with Gasteiger partial charge in [-0.05, 0) is 73.4 Å². The minimum Gasteiger partial charge on any atom is -0.378 e. The van der Waals surface area contributed by atoms with E-state index < -0.39 is 0 Å². The average molecular weight is 597 g/mol. The molecule has 0 saturated carbocycles. The molecule has 45 heavy (non-hydrogen) atoms. The second-order valence-corrected chi connectivity index (χ2v) is 13.0. The number of hydrogen-bond donors (Lipinski definition) is 1. The first kappa shape index (κ1) is 27.0. The number of ether oxygens (including phenoxy) is 1. The lowest BCUT2D eigenvalue weighted by Crippen LogP contribution is -2.66. The first-order valence-corrected chi connectivity index (χ1v) is 16.4. The molecule has 0 spiro atoms. The van der Waals surface area contributed by atoms with Crippen LogP contribution in [-0.4, -0.2) is 68.9 Å². The van der Waals surface area contributed by atoms with Crippen LogP contribution in [0.3, 0.4) is 0 Å². The number of H-pyrrole nitrogens is 1. The van der Waals surface area contributed by atoms with E-state index in [0.717, 1.165) is 78.2 Å². The summed E-state index contributed by atoms with van der Waals surface area (Å²) < 4.78 is 5.75. The van der Waals surface area contributed by atoms with E-state index in [0.29, 0.717) is 30.2 Å². The third-order valence-corrected chi connectivity index (χ3v) is 10.5. The molecule has 8 heteroatoms. The Hall–Kier alpha value is -4.40. The number of fused-ring (bicyclic) bond motifs is 4. The summed E-state index contributed by atoms with van der Waals surface area (Å²) in [4.78, 5) is 26.5. The van der Waals surface area contributed by atoms with Crippen molar-refractivity contribution in [3.63, 3.8) is 0 Å². The van der Waals surface area contributed by atoms with E-state index in [1.165, 1.54) is 36.0 Å². The molecule has 3 aromatic heterocycles. The van der Waals surface area contributed by atoms with Crippen molar-refractivity contribution in [3.8, 4) is 33.6 Å². The van der Waals surface area contributed by atoms with Gasteiger partial charge in [-0.3, -0.25) is 19.8 Å². The molecule has 3 fully saturated rings. The number of hydrogen-bond acceptors (Lipinski definition) is 6. The Morgan fingerprint density at radius 2 is 1.60 bits per heavy atom. The molecule has 2 unspecified atom stereocenters. The lowest BCUT2D eigenvalue weighted by molar-refractivity contribution is -0.148. The summed E-state index contributed by atoms with van der Waals surface area (Å²) >= 11 is 0. The van der Waals surface area contributed by atoms with E-state index in [9.17, 15) is 4.79 Å². The number of benzene rings is 2. The number of aryl methyl sites for hydroxylation is 2. The number of aromatic amines is 1. The molecule has 226 valence electrons. The Morgan fingerprint density at radius 1 is 0.800 bits per heavy atom. The van der Waals surface area contributed by atoms with Crippen LogP contribution in [-0.2, 0) is 22.4 Å². The first-order chi connectivity index (χ1) is 22.2. The van der Waals surface area contributed by atoms with Crippen molar-refractivity contribution in [1.29, 1.82) is 0 Å². The van der Waals surface area contributed by atoms with Gasteiger partial charge in [0, 0.05) is 65.6 Å². The maximum absolute atomic E-state index is 12.5. The largest absolute Gasteiger partial charge is 0.378 e. The van der Waals surface area contributed by atoms with Gasteiger partial charge in [-0.2, -0.15) is 5.10 Å². The summed E-state index contributed by atoms with van der Waals surface area (Å²) in [5, 5.41) is 8.76. The maximum atomic E-state index is 12.5. The third-order valence-electron chi connectivity index (χ3n) is 10.5. The molecule has 0 radical (unpaired) electrons. The van der Waals surface area contributed by atoms with Gasteiger partial charge in [-0.1, -0.05) is 42.5 Å². The summed E-state index contributed by atoms with van der Waals surface area (Å²) in [6.07, 6.45) is 11.2. The highest BCUT2D eigenvalue weighted by atomic mass is 16.5. The summed E-state index contributed by atoms with van der Waals surface area (Å²) in [7, 11) is 0. The summed E-state index contributed by atoms with van der Waals surface area (Å²) in [6, 6.07) is 23.4.